The van der Waals surface area contributed by atoms with Crippen LogP contribution < -0.4 is 0 Å². The molecule has 0 aliphatic carbocycles. The average Bonchev–Trinajstić information content (AvgIpc) is 2.34. The van der Waals surface area contributed by atoms with Gasteiger partial charge in [-0.15, -0.1) is 0 Å². The van der Waals surface area contributed by atoms with Crippen molar-refractivity contribution >= 4 is 12.0 Å². The molecule has 0 radical (unpaired) electrons. The van der Waals surface area contributed by atoms with Gasteiger partial charge in [0.05, 0.1) is 19.8 Å². The Hall–Kier alpha value is -1.34. The first-order valence-electron chi connectivity index (χ1n) is 6.23. The van der Waals surface area contributed by atoms with Gasteiger partial charge in [0.2, 0.25) is 0 Å². The van der Waals surface area contributed by atoms with E-state index in [9.17, 15) is 9.59 Å². The van der Waals surface area contributed by atoms with E-state index in [1.54, 1.807) is 14.0 Å². The van der Waals surface area contributed by atoms with Gasteiger partial charge in [-0.25, -0.2) is 9.59 Å². The second-order valence-corrected chi connectivity index (χ2v) is 4.65. The van der Waals surface area contributed by atoms with Gasteiger partial charge < -0.3 is 24.7 Å². The first-order valence-corrected chi connectivity index (χ1v) is 6.23. The highest BCUT2D eigenvalue weighted by Crippen LogP contribution is 2.16. The zero-order valence-corrected chi connectivity index (χ0v) is 12.0. The second kappa shape index (κ2) is 7.96. The summed E-state index contributed by atoms with van der Waals surface area (Å²) < 4.78 is 5.07. The number of carbonyl (C=O) groups is 2. The third-order valence-electron chi connectivity index (χ3n) is 2.88. The Balaban J connectivity index is 4.54. The molecule has 0 aliphatic rings. The van der Waals surface area contributed by atoms with Gasteiger partial charge in [0, 0.05) is 20.1 Å². The lowest BCUT2D eigenvalue weighted by molar-refractivity contribution is -0.147. The van der Waals surface area contributed by atoms with Crippen LogP contribution in [0.25, 0.3) is 0 Å². The van der Waals surface area contributed by atoms with Crippen molar-refractivity contribution in [2.45, 2.75) is 26.3 Å². The van der Waals surface area contributed by atoms with E-state index in [0.29, 0.717) is 19.7 Å². The molecule has 0 aromatic carbocycles. The molecular weight excluding hydrogens is 252 g/mol. The van der Waals surface area contributed by atoms with Crippen LogP contribution in [0.2, 0.25) is 0 Å². The maximum absolute atomic E-state index is 12.2. The van der Waals surface area contributed by atoms with E-state index < -0.39 is 11.5 Å². The molecule has 2 amide bonds. The van der Waals surface area contributed by atoms with Crippen LogP contribution in [0.4, 0.5) is 4.79 Å². The van der Waals surface area contributed by atoms with E-state index in [1.165, 1.54) is 23.6 Å². The molecule has 19 heavy (non-hydrogen) atoms. The lowest BCUT2D eigenvalue weighted by Gasteiger charge is -2.36. The Kier molecular flexibility index (Phi) is 7.40. The molecule has 0 atom stereocenters. The predicted molar refractivity (Wildman–Crippen MR) is 70.0 cm³/mol. The molecule has 0 unspecified atom stereocenters. The number of carbonyl (C=O) groups excluding carboxylic acids is 1. The SMILES string of the molecule is CCN(C(=O)N(C)CCOCCO)C(C)(C)C(=O)O. The molecule has 0 aromatic heterocycles. The summed E-state index contributed by atoms with van der Waals surface area (Å²) in [6.07, 6.45) is 0. The van der Waals surface area contributed by atoms with Crippen LogP contribution in [-0.2, 0) is 9.53 Å². The number of hydrogen-bond donors (Lipinski definition) is 2. The van der Waals surface area contributed by atoms with Crippen LogP contribution in [0.15, 0.2) is 0 Å². The number of aliphatic carboxylic acids is 1. The number of nitrogens with zero attached hydrogens (tertiary/aromatic N) is 2. The van der Waals surface area contributed by atoms with E-state index in [1.807, 2.05) is 0 Å². The van der Waals surface area contributed by atoms with Crippen LogP contribution in [0.1, 0.15) is 20.8 Å². The molecule has 0 heterocycles. The topological polar surface area (TPSA) is 90.3 Å². The minimum atomic E-state index is -1.26. The molecule has 0 aromatic rings. The summed E-state index contributed by atoms with van der Waals surface area (Å²) in [5.41, 5.74) is -1.26. The summed E-state index contributed by atoms with van der Waals surface area (Å²) in [6, 6.07) is -0.359. The summed E-state index contributed by atoms with van der Waals surface area (Å²) in [6.45, 7) is 5.82. The van der Waals surface area contributed by atoms with E-state index in [2.05, 4.69) is 0 Å². The Morgan fingerprint density at radius 2 is 1.84 bits per heavy atom. The third-order valence-corrected chi connectivity index (χ3v) is 2.88. The summed E-state index contributed by atoms with van der Waals surface area (Å²) in [4.78, 5) is 26.1. The lowest BCUT2D eigenvalue weighted by Crippen LogP contribution is -2.56. The summed E-state index contributed by atoms with van der Waals surface area (Å²) in [5.74, 6) is -1.05. The van der Waals surface area contributed by atoms with Gasteiger partial charge in [-0.2, -0.15) is 0 Å². The monoisotopic (exact) mass is 276 g/mol. The highest BCUT2D eigenvalue weighted by molar-refractivity contribution is 5.85. The lowest BCUT2D eigenvalue weighted by atomic mass is 10.0. The third kappa shape index (κ3) is 5.04. The fourth-order valence-electron chi connectivity index (χ4n) is 1.55. The molecule has 0 fully saturated rings. The van der Waals surface area contributed by atoms with E-state index in [4.69, 9.17) is 14.9 Å². The highest BCUT2D eigenvalue weighted by Gasteiger charge is 2.37. The van der Waals surface area contributed by atoms with Crippen LogP contribution in [0.5, 0.6) is 0 Å². The molecule has 7 nitrogen and oxygen atoms in total. The Labute approximate surface area is 113 Å². The quantitative estimate of drug-likeness (QED) is 0.619. The van der Waals surface area contributed by atoms with Crippen molar-refractivity contribution in [3.05, 3.63) is 0 Å². The zero-order valence-electron chi connectivity index (χ0n) is 12.0. The Morgan fingerprint density at radius 1 is 1.26 bits per heavy atom. The maximum atomic E-state index is 12.2. The number of hydrogen-bond acceptors (Lipinski definition) is 4. The number of amides is 2. The fourth-order valence-corrected chi connectivity index (χ4v) is 1.55. The first-order chi connectivity index (χ1) is 8.78. The van der Waals surface area contributed by atoms with Gasteiger partial charge in [0.25, 0.3) is 0 Å². The molecule has 0 saturated heterocycles. The molecule has 112 valence electrons. The largest absolute Gasteiger partial charge is 0.480 e. The summed E-state index contributed by atoms with van der Waals surface area (Å²) >= 11 is 0. The van der Waals surface area contributed by atoms with E-state index in [-0.39, 0.29) is 19.2 Å². The molecule has 0 spiro atoms. The molecule has 2 N–H and O–H groups in total. The summed E-state index contributed by atoms with van der Waals surface area (Å²) in [7, 11) is 1.59. The molecule has 7 heteroatoms. The van der Waals surface area contributed by atoms with Gasteiger partial charge in [0.15, 0.2) is 0 Å². The minimum Gasteiger partial charge on any atom is -0.480 e. The number of aliphatic hydroxyl groups is 1. The highest BCUT2D eigenvalue weighted by atomic mass is 16.5. The van der Waals surface area contributed by atoms with Crippen LogP contribution >= 0.6 is 0 Å². The fraction of sp³-hybridized carbons (Fsp3) is 0.833. The molecule has 0 aliphatic heterocycles. The number of urea groups is 1. The van der Waals surface area contributed by atoms with Crippen molar-refractivity contribution in [1.29, 1.82) is 0 Å². The Bertz CT molecular complexity index is 306. The maximum Gasteiger partial charge on any atom is 0.329 e. The first kappa shape index (κ1) is 17.7. The van der Waals surface area contributed by atoms with Crippen LogP contribution in [0.3, 0.4) is 0 Å². The number of ether oxygens (including phenoxy) is 1. The van der Waals surface area contributed by atoms with Crippen molar-refractivity contribution in [2.24, 2.45) is 0 Å². The number of carboxylic acid groups (broad SMARTS) is 1. The van der Waals surface area contributed by atoms with Gasteiger partial charge in [-0.1, -0.05) is 0 Å². The van der Waals surface area contributed by atoms with Crippen LogP contribution in [-0.4, -0.2) is 77.5 Å². The second-order valence-electron chi connectivity index (χ2n) is 4.65. The number of likely N-dealkylation sites (N-methyl/N-ethyl adjacent to an activating group) is 2. The van der Waals surface area contributed by atoms with Crippen molar-refractivity contribution in [3.63, 3.8) is 0 Å². The molecule has 0 bridgehead atoms. The van der Waals surface area contributed by atoms with E-state index >= 15 is 0 Å². The van der Waals surface area contributed by atoms with Gasteiger partial charge in [-0.05, 0) is 20.8 Å². The minimum absolute atomic E-state index is 0.0647. The smallest absolute Gasteiger partial charge is 0.329 e. The van der Waals surface area contributed by atoms with Crippen molar-refractivity contribution in [2.75, 3.05) is 40.0 Å². The standard InChI is InChI=1S/C12H24N2O5/c1-5-14(12(2,3)10(16)17)11(18)13(4)6-8-19-9-7-15/h15H,5-9H2,1-4H3,(H,16,17). The van der Waals surface area contributed by atoms with Gasteiger partial charge in [0.1, 0.15) is 5.54 Å². The molecule has 0 saturated carbocycles. The number of rotatable bonds is 8. The van der Waals surface area contributed by atoms with Gasteiger partial charge >= 0.3 is 12.0 Å². The number of carboxylic acids is 1. The van der Waals surface area contributed by atoms with Crippen LogP contribution in [0, 0.1) is 0 Å². The van der Waals surface area contributed by atoms with Gasteiger partial charge in [-0.3, -0.25) is 0 Å². The average molecular weight is 276 g/mol. The normalized spacial score (nSPS) is 11.2. The van der Waals surface area contributed by atoms with Crippen molar-refractivity contribution in [1.82, 2.24) is 9.80 Å². The molecule has 0 rings (SSSR count). The molecular formula is C12H24N2O5. The predicted octanol–water partition coefficient (Wildman–Crippen LogP) is 0.232. The van der Waals surface area contributed by atoms with Crippen molar-refractivity contribution in [3.8, 4) is 0 Å². The zero-order chi connectivity index (χ0) is 15.1. The summed E-state index contributed by atoms with van der Waals surface area (Å²) in [5, 5.41) is 17.7. The Morgan fingerprint density at radius 3 is 2.26 bits per heavy atom. The van der Waals surface area contributed by atoms with Crippen molar-refractivity contribution < 1.29 is 24.5 Å². The number of aliphatic hydroxyl groups excluding tert-OH is 1. The van der Waals surface area contributed by atoms with E-state index in [0.717, 1.165) is 0 Å².